The predicted molar refractivity (Wildman–Crippen MR) is 100 cm³/mol. The molecule has 0 spiro atoms. The molecule has 1 unspecified atom stereocenters. The number of benzene rings is 2. The topological polar surface area (TPSA) is 41.9 Å². The second-order valence-corrected chi connectivity index (χ2v) is 6.37. The highest BCUT2D eigenvalue weighted by Crippen LogP contribution is 2.08. The monoisotopic (exact) mass is 343 g/mol. The maximum Gasteiger partial charge on any atom is 0.0900 e. The van der Waals surface area contributed by atoms with Gasteiger partial charge < -0.3 is 14.6 Å². The standard InChI is InChI=1S/C21H29NO3/c1-18-8-10-19(11-9-18)14-22(12-13-24-2)15-21(23)17-25-16-20-6-4-3-5-7-20/h3-11,21,23H,12-17H2,1-2H3. The lowest BCUT2D eigenvalue weighted by Crippen LogP contribution is -2.36. The van der Waals surface area contributed by atoms with Gasteiger partial charge in [-0.15, -0.1) is 0 Å². The number of rotatable bonds is 11. The van der Waals surface area contributed by atoms with E-state index in [1.165, 1.54) is 11.1 Å². The lowest BCUT2D eigenvalue weighted by Gasteiger charge is -2.25. The zero-order valence-electron chi connectivity index (χ0n) is 15.2. The number of ether oxygens (including phenoxy) is 2. The molecule has 2 aromatic carbocycles. The Balaban J connectivity index is 1.79. The summed E-state index contributed by atoms with van der Waals surface area (Å²) in [4.78, 5) is 2.20. The van der Waals surface area contributed by atoms with E-state index in [4.69, 9.17) is 9.47 Å². The number of aliphatic hydroxyl groups excluding tert-OH is 1. The SMILES string of the molecule is COCCN(Cc1ccc(C)cc1)CC(O)COCc1ccccc1. The summed E-state index contributed by atoms with van der Waals surface area (Å²) in [5.41, 5.74) is 3.60. The fourth-order valence-electron chi connectivity index (χ4n) is 2.64. The van der Waals surface area contributed by atoms with Crippen LogP contribution in [0.15, 0.2) is 54.6 Å². The average Bonchev–Trinajstić information content (AvgIpc) is 2.62. The molecule has 2 rings (SSSR count). The molecule has 0 amide bonds. The molecule has 136 valence electrons. The van der Waals surface area contributed by atoms with Gasteiger partial charge in [0.2, 0.25) is 0 Å². The van der Waals surface area contributed by atoms with Crippen molar-refractivity contribution in [3.05, 3.63) is 71.3 Å². The maximum atomic E-state index is 10.3. The number of aliphatic hydroxyl groups is 1. The van der Waals surface area contributed by atoms with Gasteiger partial charge in [0.25, 0.3) is 0 Å². The molecular weight excluding hydrogens is 314 g/mol. The first-order chi connectivity index (χ1) is 12.2. The Bertz CT molecular complexity index is 586. The third-order valence-electron chi connectivity index (χ3n) is 4.03. The Labute approximate surface area is 151 Å². The van der Waals surface area contributed by atoms with Crippen molar-refractivity contribution in [2.24, 2.45) is 0 Å². The summed E-state index contributed by atoms with van der Waals surface area (Å²) in [6.07, 6.45) is -0.522. The highest BCUT2D eigenvalue weighted by atomic mass is 16.5. The first kappa shape index (κ1) is 19.6. The Hall–Kier alpha value is -1.72. The van der Waals surface area contributed by atoms with Gasteiger partial charge in [-0.2, -0.15) is 0 Å². The van der Waals surface area contributed by atoms with Crippen LogP contribution in [-0.4, -0.2) is 49.5 Å². The molecule has 2 aromatic rings. The zero-order valence-corrected chi connectivity index (χ0v) is 15.2. The van der Waals surface area contributed by atoms with Gasteiger partial charge in [-0.05, 0) is 18.1 Å². The van der Waals surface area contributed by atoms with Crippen molar-refractivity contribution in [1.29, 1.82) is 0 Å². The summed E-state index contributed by atoms with van der Waals surface area (Å²) >= 11 is 0. The largest absolute Gasteiger partial charge is 0.389 e. The van der Waals surface area contributed by atoms with Crippen molar-refractivity contribution in [2.75, 3.05) is 33.4 Å². The minimum absolute atomic E-state index is 0.326. The molecule has 0 heterocycles. The van der Waals surface area contributed by atoms with E-state index in [0.29, 0.717) is 26.4 Å². The summed E-state index contributed by atoms with van der Waals surface area (Å²) in [6.45, 7) is 5.70. The summed E-state index contributed by atoms with van der Waals surface area (Å²) in [6, 6.07) is 18.5. The van der Waals surface area contributed by atoms with E-state index in [1.807, 2.05) is 30.3 Å². The molecule has 0 aliphatic heterocycles. The molecule has 0 aromatic heterocycles. The van der Waals surface area contributed by atoms with Crippen LogP contribution < -0.4 is 0 Å². The van der Waals surface area contributed by atoms with Gasteiger partial charge in [-0.25, -0.2) is 0 Å². The average molecular weight is 343 g/mol. The smallest absolute Gasteiger partial charge is 0.0900 e. The van der Waals surface area contributed by atoms with E-state index in [-0.39, 0.29) is 0 Å². The molecule has 4 nitrogen and oxygen atoms in total. The van der Waals surface area contributed by atoms with E-state index in [9.17, 15) is 5.11 Å². The zero-order chi connectivity index (χ0) is 17.9. The van der Waals surface area contributed by atoms with Gasteiger partial charge in [0.05, 0.1) is 25.9 Å². The van der Waals surface area contributed by atoms with Crippen LogP contribution in [0.5, 0.6) is 0 Å². The van der Waals surface area contributed by atoms with Crippen LogP contribution in [-0.2, 0) is 22.6 Å². The molecule has 4 heteroatoms. The minimum atomic E-state index is -0.522. The fourth-order valence-corrected chi connectivity index (χ4v) is 2.64. The Kier molecular flexibility index (Phi) is 8.63. The molecule has 1 atom stereocenters. The highest BCUT2D eigenvalue weighted by Gasteiger charge is 2.13. The normalized spacial score (nSPS) is 12.5. The number of hydrogen-bond donors (Lipinski definition) is 1. The second-order valence-electron chi connectivity index (χ2n) is 6.37. The van der Waals surface area contributed by atoms with Crippen molar-refractivity contribution in [3.63, 3.8) is 0 Å². The summed E-state index contributed by atoms with van der Waals surface area (Å²) in [7, 11) is 1.70. The molecule has 1 N–H and O–H groups in total. The Morgan fingerprint density at radius 3 is 2.40 bits per heavy atom. The first-order valence-corrected chi connectivity index (χ1v) is 8.74. The van der Waals surface area contributed by atoms with Crippen molar-refractivity contribution in [1.82, 2.24) is 4.90 Å². The summed E-state index contributed by atoms with van der Waals surface area (Å²) < 4.78 is 10.8. The summed E-state index contributed by atoms with van der Waals surface area (Å²) in [5.74, 6) is 0. The molecule has 0 fully saturated rings. The summed E-state index contributed by atoms with van der Waals surface area (Å²) in [5, 5.41) is 10.3. The van der Waals surface area contributed by atoms with Gasteiger partial charge in [0.1, 0.15) is 0 Å². The first-order valence-electron chi connectivity index (χ1n) is 8.74. The maximum absolute atomic E-state index is 10.3. The lowest BCUT2D eigenvalue weighted by atomic mass is 10.1. The van der Waals surface area contributed by atoms with Gasteiger partial charge in [0, 0.05) is 26.7 Å². The molecule has 0 aliphatic carbocycles. The van der Waals surface area contributed by atoms with Crippen LogP contribution in [0.2, 0.25) is 0 Å². The molecule has 25 heavy (non-hydrogen) atoms. The molecule has 0 radical (unpaired) electrons. The number of hydrogen-bond acceptors (Lipinski definition) is 4. The molecule has 0 saturated carbocycles. The van der Waals surface area contributed by atoms with Gasteiger partial charge in [-0.1, -0.05) is 60.2 Å². The van der Waals surface area contributed by atoms with Crippen molar-refractivity contribution in [2.45, 2.75) is 26.2 Å². The lowest BCUT2D eigenvalue weighted by molar-refractivity contribution is 0.00480. The van der Waals surface area contributed by atoms with Gasteiger partial charge in [-0.3, -0.25) is 4.90 Å². The molecule has 0 saturated heterocycles. The molecule has 0 bridgehead atoms. The number of methoxy groups -OCH3 is 1. The Morgan fingerprint density at radius 2 is 1.72 bits per heavy atom. The fraction of sp³-hybridized carbons (Fsp3) is 0.429. The quantitative estimate of drug-likeness (QED) is 0.681. The van der Waals surface area contributed by atoms with Gasteiger partial charge >= 0.3 is 0 Å². The van der Waals surface area contributed by atoms with E-state index >= 15 is 0 Å². The predicted octanol–water partition coefficient (Wildman–Crippen LogP) is 3.02. The third kappa shape index (κ3) is 7.80. The van der Waals surface area contributed by atoms with Crippen LogP contribution in [0.1, 0.15) is 16.7 Å². The van der Waals surface area contributed by atoms with Crippen LogP contribution in [0.3, 0.4) is 0 Å². The van der Waals surface area contributed by atoms with Crippen LogP contribution in [0, 0.1) is 6.92 Å². The molecule has 0 aliphatic rings. The molecular formula is C21H29NO3. The number of nitrogens with zero attached hydrogens (tertiary/aromatic N) is 1. The highest BCUT2D eigenvalue weighted by molar-refractivity contribution is 5.21. The van der Waals surface area contributed by atoms with Crippen molar-refractivity contribution < 1.29 is 14.6 Å². The Morgan fingerprint density at radius 1 is 1.00 bits per heavy atom. The van der Waals surface area contributed by atoms with Crippen LogP contribution in [0.4, 0.5) is 0 Å². The van der Waals surface area contributed by atoms with Gasteiger partial charge in [0.15, 0.2) is 0 Å². The number of aryl methyl sites for hydroxylation is 1. The third-order valence-corrected chi connectivity index (χ3v) is 4.03. The van der Waals surface area contributed by atoms with E-state index in [1.54, 1.807) is 7.11 Å². The van der Waals surface area contributed by atoms with Crippen LogP contribution >= 0.6 is 0 Å². The van der Waals surface area contributed by atoms with E-state index in [2.05, 4.69) is 36.1 Å². The van der Waals surface area contributed by atoms with Crippen LogP contribution in [0.25, 0.3) is 0 Å². The van der Waals surface area contributed by atoms with Crippen molar-refractivity contribution >= 4 is 0 Å². The second kappa shape index (κ2) is 11.0. The van der Waals surface area contributed by atoms with Crippen molar-refractivity contribution in [3.8, 4) is 0 Å². The van der Waals surface area contributed by atoms with E-state index in [0.717, 1.165) is 18.7 Å². The minimum Gasteiger partial charge on any atom is -0.389 e. The van der Waals surface area contributed by atoms with E-state index < -0.39 is 6.10 Å².